The Bertz CT molecular complexity index is 712. The van der Waals surface area contributed by atoms with Gasteiger partial charge in [-0.05, 0) is 12.8 Å². The van der Waals surface area contributed by atoms with Crippen LogP contribution in [0.25, 0.3) is 0 Å². The van der Waals surface area contributed by atoms with Crippen LogP contribution in [-0.2, 0) is 0 Å². The van der Waals surface area contributed by atoms with Crippen molar-refractivity contribution in [1.29, 1.82) is 0 Å². The highest BCUT2D eigenvalue weighted by atomic mass is 35.8. The first-order valence-electron chi connectivity index (χ1n) is 7.80. The Kier molecular flexibility index (Phi) is 9.24. The van der Waals surface area contributed by atoms with E-state index in [4.69, 9.17) is 0 Å². The normalized spacial score (nSPS) is 17.2. The van der Waals surface area contributed by atoms with E-state index in [9.17, 15) is 79.0 Å². The molecule has 0 saturated carbocycles. The van der Waals surface area contributed by atoms with Crippen molar-refractivity contribution in [3.8, 4) is 0 Å². The van der Waals surface area contributed by atoms with Crippen LogP contribution in [0.4, 0.5) is 79.0 Å². The number of alkyl halides is 18. The number of rotatable bonds is 11. The van der Waals surface area contributed by atoms with Crippen LogP contribution in [0, 0.1) is 0 Å². The van der Waals surface area contributed by atoms with Crippen molar-refractivity contribution in [2.45, 2.75) is 72.7 Å². The van der Waals surface area contributed by atoms with E-state index in [-0.39, 0.29) is 0 Å². The molecule has 0 aromatic heterocycles. The van der Waals surface area contributed by atoms with Crippen molar-refractivity contribution in [1.82, 2.24) is 0 Å². The van der Waals surface area contributed by atoms with Gasteiger partial charge in [-0.2, -0.15) is 74.6 Å². The molecule has 0 aliphatic carbocycles. The van der Waals surface area contributed by atoms with E-state index in [1.54, 1.807) is 0 Å². The lowest BCUT2D eigenvalue weighted by molar-refractivity contribution is -0.439. The van der Waals surface area contributed by atoms with Gasteiger partial charge >= 0.3 is 53.3 Å². The molecule has 0 bridgehead atoms. The van der Waals surface area contributed by atoms with Crippen LogP contribution in [0.15, 0.2) is 0 Å². The van der Waals surface area contributed by atoms with E-state index in [1.165, 1.54) is 0 Å². The van der Waals surface area contributed by atoms with Crippen LogP contribution in [0.3, 0.4) is 0 Å². The van der Waals surface area contributed by atoms with E-state index in [0.29, 0.717) is 0 Å². The van der Waals surface area contributed by atoms with E-state index >= 15 is 0 Å². The summed E-state index contributed by atoms with van der Waals surface area (Å²) in [5.74, 6) is -48.5. The fraction of sp³-hybridized carbons (Fsp3) is 1.00. The first kappa shape index (κ1) is 33.8. The van der Waals surface area contributed by atoms with Gasteiger partial charge in [0.05, 0.1) is 0 Å². The third-order valence-corrected chi connectivity index (χ3v) is 7.22. The second-order valence-corrected chi connectivity index (χ2v) is 15.0. The van der Waals surface area contributed by atoms with Gasteiger partial charge in [-0.3, -0.25) is 0 Å². The molecule has 0 N–H and O–H groups in total. The zero-order valence-corrected chi connectivity index (χ0v) is 18.4. The lowest BCUT2D eigenvalue weighted by Crippen LogP contribution is -2.75. The highest BCUT2D eigenvalue weighted by Crippen LogP contribution is 2.64. The Labute approximate surface area is 191 Å². The Morgan fingerprint density at radius 2 is 0.853 bits per heavy atom. The second-order valence-electron chi connectivity index (χ2n) is 6.54. The van der Waals surface area contributed by atoms with Crippen LogP contribution in [0.5, 0.6) is 0 Å². The molecule has 0 aliphatic heterocycles. The maximum atomic E-state index is 13.6. The standard InChI is InChI=1S/C12H7Cl3F18Si/c13-34(14,15)12(32,33)11(30,31)10(28,29)9(26,27)8(24,25)7(22,23)6(20,21)4(16)2-1-3-5(17,18)19/h4H,1-3H2. The maximum Gasteiger partial charge on any atom is 0.424 e. The molecule has 0 saturated heterocycles. The molecule has 0 aliphatic rings. The SMILES string of the molecule is FC(CCCC(F)(F)F)C(F)(F)C(F)(F)C(F)(F)C(F)(F)C(F)(F)C(F)(F)C(F)(F)[Si](Cl)(Cl)Cl. The molecular weight excluding hydrogens is 621 g/mol. The van der Waals surface area contributed by atoms with Crippen molar-refractivity contribution in [2.75, 3.05) is 0 Å². The van der Waals surface area contributed by atoms with Gasteiger partial charge in [0.15, 0.2) is 6.17 Å². The van der Waals surface area contributed by atoms with E-state index in [2.05, 4.69) is 33.2 Å². The molecule has 0 fully saturated rings. The lowest BCUT2D eigenvalue weighted by atomic mass is 9.89. The fourth-order valence-corrected chi connectivity index (χ4v) is 3.62. The average molecular weight is 628 g/mol. The zero-order valence-electron chi connectivity index (χ0n) is 15.1. The van der Waals surface area contributed by atoms with Gasteiger partial charge in [0.25, 0.3) is 0 Å². The van der Waals surface area contributed by atoms with Crippen molar-refractivity contribution in [3.05, 3.63) is 0 Å². The second kappa shape index (κ2) is 9.29. The summed E-state index contributed by atoms with van der Waals surface area (Å²) in [5, 5.41) is 0. The summed E-state index contributed by atoms with van der Waals surface area (Å²) in [6.07, 6.45) is -16.5. The molecule has 0 spiro atoms. The largest absolute Gasteiger partial charge is 0.424 e. The van der Waals surface area contributed by atoms with Crippen molar-refractivity contribution in [3.63, 3.8) is 0 Å². The number of hydrogen-bond donors (Lipinski definition) is 0. The Balaban J connectivity index is 6.44. The summed E-state index contributed by atoms with van der Waals surface area (Å²) in [6, 6.07) is -6.61. The lowest BCUT2D eigenvalue weighted by Gasteiger charge is -2.43. The predicted molar refractivity (Wildman–Crippen MR) is 82.7 cm³/mol. The first-order valence-corrected chi connectivity index (χ1v) is 12.8. The van der Waals surface area contributed by atoms with Crippen LogP contribution in [-0.4, -0.2) is 59.4 Å². The molecule has 1 atom stereocenters. The average Bonchev–Trinajstić information content (AvgIpc) is 2.58. The number of hydrogen-bond acceptors (Lipinski definition) is 0. The predicted octanol–water partition coefficient (Wildman–Crippen LogP) is 8.70. The molecular formula is C12H7Cl3F18Si. The molecule has 22 heteroatoms. The summed E-state index contributed by atoms with van der Waals surface area (Å²) in [4.78, 5) is 0. The summed E-state index contributed by atoms with van der Waals surface area (Å²) in [7, 11) is 0. The van der Waals surface area contributed by atoms with Gasteiger partial charge in [-0.1, -0.05) is 0 Å². The molecule has 206 valence electrons. The highest BCUT2D eigenvalue weighted by Gasteiger charge is 2.94. The van der Waals surface area contributed by atoms with Gasteiger partial charge in [0.2, 0.25) is 0 Å². The molecule has 0 nitrogen and oxygen atoms in total. The van der Waals surface area contributed by atoms with Gasteiger partial charge in [-0.25, -0.2) is 4.39 Å². The smallest absolute Gasteiger partial charge is 0.241 e. The van der Waals surface area contributed by atoms with Gasteiger partial charge < -0.3 is 0 Å². The molecule has 34 heavy (non-hydrogen) atoms. The highest BCUT2D eigenvalue weighted by molar-refractivity contribution is 7.65. The molecule has 0 aromatic rings. The summed E-state index contributed by atoms with van der Waals surface area (Å²) in [5.41, 5.74) is -6.90. The molecule has 0 rings (SSSR count). The third kappa shape index (κ3) is 5.26. The topological polar surface area (TPSA) is 0 Å². The summed E-state index contributed by atoms with van der Waals surface area (Å²) < 4.78 is 238. The van der Waals surface area contributed by atoms with Crippen molar-refractivity contribution in [2.24, 2.45) is 0 Å². The Morgan fingerprint density at radius 1 is 0.529 bits per heavy atom. The minimum atomic E-state index is -8.52. The van der Waals surface area contributed by atoms with Gasteiger partial charge in [0, 0.05) is 6.42 Å². The molecule has 0 aromatic carbocycles. The summed E-state index contributed by atoms with van der Waals surface area (Å²) >= 11 is 13.0. The minimum absolute atomic E-state index is 1.83. The third-order valence-electron chi connectivity index (χ3n) is 4.06. The van der Waals surface area contributed by atoms with Crippen molar-refractivity contribution < 1.29 is 79.0 Å². The molecule has 0 radical (unpaired) electrons. The summed E-state index contributed by atoms with van der Waals surface area (Å²) in [6.45, 7) is 0. The van der Waals surface area contributed by atoms with E-state index in [0.717, 1.165) is 0 Å². The van der Waals surface area contributed by atoms with Crippen LogP contribution in [0.2, 0.25) is 0 Å². The Hall–Kier alpha value is -0.173. The van der Waals surface area contributed by atoms with Crippen molar-refractivity contribution >= 4 is 39.2 Å². The Morgan fingerprint density at radius 3 is 1.18 bits per heavy atom. The maximum absolute atomic E-state index is 13.6. The fourth-order valence-electron chi connectivity index (χ4n) is 2.04. The quantitative estimate of drug-likeness (QED) is 0.122. The van der Waals surface area contributed by atoms with E-state index < -0.39 is 78.7 Å². The van der Waals surface area contributed by atoms with Gasteiger partial charge in [-0.15, -0.1) is 33.2 Å². The molecule has 0 heterocycles. The zero-order chi connectivity index (χ0) is 28.2. The minimum Gasteiger partial charge on any atom is -0.241 e. The first-order chi connectivity index (χ1) is 14.4. The van der Waals surface area contributed by atoms with Crippen LogP contribution >= 0.6 is 33.2 Å². The van der Waals surface area contributed by atoms with Gasteiger partial charge in [0.1, 0.15) is 0 Å². The monoisotopic (exact) mass is 626 g/mol. The number of halogens is 21. The molecule has 1 unspecified atom stereocenters. The molecule has 0 amide bonds. The van der Waals surface area contributed by atoms with Crippen LogP contribution < -0.4 is 0 Å². The van der Waals surface area contributed by atoms with Crippen LogP contribution in [0.1, 0.15) is 19.3 Å². The van der Waals surface area contributed by atoms with E-state index in [1.807, 2.05) is 0 Å².